The molecule has 23 heavy (non-hydrogen) atoms. The smallest absolute Gasteiger partial charge is 0.0925 e. The summed E-state index contributed by atoms with van der Waals surface area (Å²) in [4.78, 5) is 1.78. The van der Waals surface area contributed by atoms with Gasteiger partial charge in [-0.15, -0.1) is 0 Å². The van der Waals surface area contributed by atoms with Crippen LogP contribution in [0.1, 0.15) is 59.8 Å². The minimum atomic E-state index is -2.39. The molecule has 0 aromatic carbocycles. The molecule has 0 radical (unpaired) electrons. The normalized spacial score (nSPS) is 28.3. The molecule has 2 rings (SSSR count). The van der Waals surface area contributed by atoms with Gasteiger partial charge in [-0.2, -0.15) is 0 Å². The number of rotatable bonds is 5. The summed E-state index contributed by atoms with van der Waals surface area (Å²) in [5.41, 5.74) is -2.39. The number of aliphatic hydroxyl groups excluding tert-OH is 1. The number of nitrogens with one attached hydrogen (secondary N) is 1. The lowest BCUT2D eigenvalue weighted by molar-refractivity contribution is -0.940. The molecule has 0 spiro atoms. The minimum Gasteiger partial charge on any atom is -0.691 e. The second-order valence-corrected chi connectivity index (χ2v) is 12.0. The maximum atomic E-state index is 9.22. The van der Waals surface area contributed by atoms with Gasteiger partial charge in [0.2, 0.25) is 0 Å². The zero-order valence-corrected chi connectivity index (χ0v) is 17.5. The van der Waals surface area contributed by atoms with Crippen LogP contribution in [-0.2, 0) is 33.1 Å². The van der Waals surface area contributed by atoms with E-state index in [1.165, 1.54) is 45.2 Å². The molecule has 2 heterocycles. The second-order valence-electron chi connectivity index (χ2n) is 7.10. The Morgan fingerprint density at radius 2 is 1.65 bits per heavy atom. The lowest BCUT2D eigenvalue weighted by Gasteiger charge is -2.40. The Morgan fingerprint density at radius 3 is 2.17 bits per heavy atom. The molecule has 138 valence electrons. The highest BCUT2D eigenvalue weighted by molar-refractivity contribution is 8.51. The average molecular weight is 384 g/mol. The van der Waals surface area contributed by atoms with E-state index in [-0.39, 0.29) is 12.2 Å². The standard InChI is InChI=1S/C10H19NO.C6H15O2PS2/c12-8-9-4-3-7-11-6-2-1-5-10(9)11;1-5(2)7-9(10,11)8-6(3)4/h9-10,12H,1-8H2;5-6H,1-4H3,(H,10,11)/t9-,10+;/m0./s1. The molecule has 2 aliphatic rings. The molecule has 2 aliphatic heterocycles. The van der Waals surface area contributed by atoms with Gasteiger partial charge < -0.3 is 31.3 Å². The molecule has 1 unspecified atom stereocenters. The lowest BCUT2D eigenvalue weighted by atomic mass is 9.84. The fraction of sp³-hybridized carbons (Fsp3) is 1.00. The summed E-state index contributed by atoms with van der Waals surface area (Å²) in [6.45, 7) is 10.7. The van der Waals surface area contributed by atoms with E-state index in [0.717, 1.165) is 6.04 Å². The summed E-state index contributed by atoms with van der Waals surface area (Å²) in [5.74, 6) is 0.619. The van der Waals surface area contributed by atoms with E-state index in [1.807, 2.05) is 27.7 Å². The van der Waals surface area contributed by atoms with Gasteiger partial charge in [-0.1, -0.05) is 11.8 Å². The SMILES string of the molecule is CC(C)OP(=S)([S-])OC(C)C.OC[C@@H]1CCC[NH+]2CCCC[C@H]12. The van der Waals surface area contributed by atoms with Crippen molar-refractivity contribution < 1.29 is 19.1 Å². The first-order chi connectivity index (χ1) is 10.7. The molecule has 3 atom stereocenters. The summed E-state index contributed by atoms with van der Waals surface area (Å²) in [6, 6.07) is 0.803. The van der Waals surface area contributed by atoms with E-state index >= 15 is 0 Å². The molecule has 2 saturated heterocycles. The molecular formula is C16H34NO3PS2. The Hall–Kier alpha value is 0.840. The van der Waals surface area contributed by atoms with Crippen LogP contribution in [0.4, 0.5) is 0 Å². The minimum absolute atomic E-state index is 0.0529. The molecule has 0 amide bonds. The van der Waals surface area contributed by atoms with Crippen LogP contribution in [0, 0.1) is 5.92 Å². The summed E-state index contributed by atoms with van der Waals surface area (Å²) in [5, 5.41) is 9.22. The maximum Gasteiger partial charge on any atom is 0.0925 e. The van der Waals surface area contributed by atoms with Gasteiger partial charge in [0, 0.05) is 5.92 Å². The zero-order valence-electron chi connectivity index (χ0n) is 15.0. The van der Waals surface area contributed by atoms with Gasteiger partial charge in [-0.05, 0) is 59.8 Å². The maximum absolute atomic E-state index is 9.22. The molecule has 7 heteroatoms. The number of piperidine rings is 2. The number of hydrogen-bond acceptors (Lipinski definition) is 5. The van der Waals surface area contributed by atoms with E-state index in [2.05, 4.69) is 0 Å². The van der Waals surface area contributed by atoms with Gasteiger partial charge in [0.15, 0.2) is 0 Å². The van der Waals surface area contributed by atoms with Crippen molar-refractivity contribution in [3.05, 3.63) is 0 Å². The van der Waals surface area contributed by atoms with Crippen molar-refractivity contribution in [2.45, 2.75) is 78.0 Å². The topological polar surface area (TPSA) is 43.1 Å². The van der Waals surface area contributed by atoms with Crippen LogP contribution >= 0.6 is 5.69 Å². The molecule has 2 N–H and O–H groups in total. The average Bonchev–Trinajstić information content (AvgIpc) is 2.44. The second kappa shape index (κ2) is 10.7. The fourth-order valence-corrected chi connectivity index (χ4v) is 6.69. The third-order valence-corrected chi connectivity index (χ3v) is 6.74. The van der Waals surface area contributed by atoms with Crippen LogP contribution in [0.15, 0.2) is 0 Å². The Kier molecular flexibility index (Phi) is 10.2. The van der Waals surface area contributed by atoms with Crippen molar-refractivity contribution in [2.75, 3.05) is 19.7 Å². The first-order valence-corrected chi connectivity index (χ1v) is 12.5. The fourth-order valence-electron chi connectivity index (χ4n) is 3.54. The predicted octanol–water partition coefficient (Wildman–Crippen LogP) is 2.43. The van der Waals surface area contributed by atoms with Gasteiger partial charge in [-0.3, -0.25) is 0 Å². The van der Waals surface area contributed by atoms with Gasteiger partial charge in [0.05, 0.1) is 43.6 Å². The van der Waals surface area contributed by atoms with Crippen molar-refractivity contribution in [3.63, 3.8) is 0 Å². The number of quaternary nitrogens is 1. The van der Waals surface area contributed by atoms with Crippen LogP contribution in [0.3, 0.4) is 0 Å². The molecule has 0 aromatic rings. The molecular weight excluding hydrogens is 349 g/mol. The Labute approximate surface area is 152 Å². The predicted molar refractivity (Wildman–Crippen MR) is 102 cm³/mol. The molecule has 0 saturated carbocycles. The third-order valence-electron chi connectivity index (χ3n) is 4.34. The zero-order chi connectivity index (χ0) is 17.5. The lowest BCUT2D eigenvalue weighted by Crippen LogP contribution is -3.18. The van der Waals surface area contributed by atoms with Gasteiger partial charge in [-0.25, -0.2) is 0 Å². The molecule has 2 fully saturated rings. The summed E-state index contributed by atoms with van der Waals surface area (Å²) < 4.78 is 10.5. The highest BCUT2D eigenvalue weighted by Gasteiger charge is 2.35. The first kappa shape index (κ1) is 21.9. The van der Waals surface area contributed by atoms with Crippen molar-refractivity contribution >= 4 is 29.7 Å². The largest absolute Gasteiger partial charge is 0.691 e. The monoisotopic (exact) mass is 383 g/mol. The van der Waals surface area contributed by atoms with Gasteiger partial charge in [0.25, 0.3) is 0 Å². The van der Waals surface area contributed by atoms with E-state index in [4.69, 9.17) is 33.1 Å². The summed E-state index contributed by atoms with van der Waals surface area (Å²) in [7, 11) is 0. The Bertz CT molecular complexity index is 360. The quantitative estimate of drug-likeness (QED) is 0.564. The summed E-state index contributed by atoms with van der Waals surface area (Å²) in [6.07, 6.45) is 6.87. The molecule has 0 aliphatic carbocycles. The Balaban J connectivity index is 0.000000232. The molecule has 0 aromatic heterocycles. The van der Waals surface area contributed by atoms with E-state index in [9.17, 15) is 5.11 Å². The van der Waals surface area contributed by atoms with E-state index in [1.54, 1.807) is 4.90 Å². The number of aliphatic hydroxyl groups is 1. The van der Waals surface area contributed by atoms with Crippen LogP contribution in [0.25, 0.3) is 0 Å². The van der Waals surface area contributed by atoms with Crippen LogP contribution in [0.2, 0.25) is 0 Å². The molecule has 4 nitrogen and oxygen atoms in total. The van der Waals surface area contributed by atoms with Crippen LogP contribution in [-0.4, -0.2) is 43.1 Å². The third kappa shape index (κ3) is 8.66. The molecule has 0 bridgehead atoms. The number of fused-ring (bicyclic) bond motifs is 1. The van der Waals surface area contributed by atoms with Gasteiger partial charge >= 0.3 is 0 Å². The highest BCUT2D eigenvalue weighted by atomic mass is 32.9. The number of hydrogen-bond donors (Lipinski definition) is 2. The Morgan fingerprint density at radius 1 is 1.09 bits per heavy atom. The van der Waals surface area contributed by atoms with Crippen molar-refractivity contribution in [1.29, 1.82) is 0 Å². The summed E-state index contributed by atoms with van der Waals surface area (Å²) >= 11 is 9.95. The first-order valence-electron chi connectivity index (χ1n) is 8.88. The van der Waals surface area contributed by atoms with Crippen molar-refractivity contribution in [3.8, 4) is 0 Å². The van der Waals surface area contributed by atoms with E-state index < -0.39 is 5.69 Å². The van der Waals surface area contributed by atoms with Crippen molar-refractivity contribution in [1.82, 2.24) is 0 Å². The van der Waals surface area contributed by atoms with E-state index in [0.29, 0.717) is 12.5 Å². The van der Waals surface area contributed by atoms with Crippen molar-refractivity contribution in [2.24, 2.45) is 5.92 Å². The van der Waals surface area contributed by atoms with Crippen LogP contribution in [0.5, 0.6) is 0 Å². The van der Waals surface area contributed by atoms with Crippen LogP contribution < -0.4 is 4.90 Å². The highest BCUT2D eigenvalue weighted by Crippen LogP contribution is 2.48. The van der Waals surface area contributed by atoms with Gasteiger partial charge in [0.1, 0.15) is 0 Å².